The van der Waals surface area contributed by atoms with Gasteiger partial charge in [-0.3, -0.25) is 0 Å². The number of nitrogens with zero attached hydrogens (tertiary/aromatic N) is 1. The van der Waals surface area contributed by atoms with Crippen molar-refractivity contribution in [2.24, 2.45) is 0 Å². The monoisotopic (exact) mass is 262 g/mol. The molecular weight excluding hydrogens is 244 g/mol. The van der Waals surface area contributed by atoms with Crippen LogP contribution in [0.25, 0.3) is 10.9 Å². The van der Waals surface area contributed by atoms with Gasteiger partial charge in [-0.25, -0.2) is 4.98 Å². The van der Waals surface area contributed by atoms with E-state index in [0.717, 1.165) is 17.0 Å². The summed E-state index contributed by atoms with van der Waals surface area (Å²) in [4.78, 5) is 4.70. The Morgan fingerprint density at radius 3 is 2.35 bits per heavy atom. The van der Waals surface area contributed by atoms with Crippen molar-refractivity contribution in [1.29, 1.82) is 0 Å². The zero-order valence-corrected chi connectivity index (χ0v) is 11.8. The van der Waals surface area contributed by atoms with E-state index in [1.165, 1.54) is 10.9 Å². The summed E-state index contributed by atoms with van der Waals surface area (Å²) in [6, 6.07) is 20.6. The normalized spacial score (nSPS) is 10.9. The van der Waals surface area contributed by atoms with Crippen LogP contribution >= 0.6 is 0 Å². The first-order valence-electron chi connectivity index (χ1n) is 6.96. The van der Waals surface area contributed by atoms with Crippen LogP contribution in [0.1, 0.15) is 25.3 Å². The molecule has 1 heterocycles. The Kier molecular flexibility index (Phi) is 3.38. The minimum atomic E-state index is 0.472. The van der Waals surface area contributed by atoms with Gasteiger partial charge in [0, 0.05) is 11.1 Å². The van der Waals surface area contributed by atoms with Crippen molar-refractivity contribution in [2.75, 3.05) is 5.32 Å². The highest BCUT2D eigenvalue weighted by Gasteiger charge is 2.08. The highest BCUT2D eigenvalue weighted by molar-refractivity contribution is 5.85. The van der Waals surface area contributed by atoms with Crippen molar-refractivity contribution < 1.29 is 0 Å². The number of hydrogen-bond acceptors (Lipinski definition) is 2. The molecule has 1 N–H and O–H groups in total. The second kappa shape index (κ2) is 5.33. The third kappa shape index (κ3) is 2.50. The maximum Gasteiger partial charge on any atom is 0.131 e. The Morgan fingerprint density at radius 2 is 1.60 bits per heavy atom. The third-order valence-electron chi connectivity index (χ3n) is 3.42. The van der Waals surface area contributed by atoms with Gasteiger partial charge in [0.1, 0.15) is 5.82 Å². The molecule has 0 aliphatic heterocycles. The Bertz CT molecular complexity index is 718. The molecule has 3 aromatic rings. The molecular formula is C18H18N2. The molecule has 0 unspecified atom stereocenters. The molecule has 2 aromatic carbocycles. The van der Waals surface area contributed by atoms with Crippen LogP contribution in [0.2, 0.25) is 0 Å². The minimum Gasteiger partial charge on any atom is -0.340 e. The molecule has 100 valence electrons. The average molecular weight is 262 g/mol. The number of para-hydroxylation sites is 2. The second-order valence-electron chi connectivity index (χ2n) is 5.26. The number of rotatable bonds is 3. The summed E-state index contributed by atoms with van der Waals surface area (Å²) >= 11 is 0. The van der Waals surface area contributed by atoms with E-state index in [1.807, 2.05) is 36.4 Å². The number of anilines is 2. The lowest BCUT2D eigenvalue weighted by Crippen LogP contribution is -1.98. The number of benzene rings is 2. The van der Waals surface area contributed by atoms with E-state index in [4.69, 9.17) is 4.98 Å². The van der Waals surface area contributed by atoms with Crippen LogP contribution < -0.4 is 5.32 Å². The van der Waals surface area contributed by atoms with E-state index in [0.29, 0.717) is 5.92 Å². The van der Waals surface area contributed by atoms with Gasteiger partial charge in [-0.15, -0.1) is 0 Å². The lowest BCUT2D eigenvalue weighted by atomic mass is 9.99. The van der Waals surface area contributed by atoms with Crippen LogP contribution in [0.5, 0.6) is 0 Å². The molecule has 2 nitrogen and oxygen atoms in total. The number of nitrogens with one attached hydrogen (secondary N) is 1. The lowest BCUT2D eigenvalue weighted by Gasteiger charge is -2.13. The van der Waals surface area contributed by atoms with Crippen molar-refractivity contribution in [2.45, 2.75) is 19.8 Å². The maximum atomic E-state index is 4.70. The van der Waals surface area contributed by atoms with Crippen molar-refractivity contribution in [3.63, 3.8) is 0 Å². The first kappa shape index (κ1) is 12.7. The predicted molar refractivity (Wildman–Crippen MR) is 85.6 cm³/mol. The van der Waals surface area contributed by atoms with Gasteiger partial charge in [-0.2, -0.15) is 0 Å². The van der Waals surface area contributed by atoms with Gasteiger partial charge in [0.2, 0.25) is 0 Å². The highest BCUT2D eigenvalue weighted by Crippen LogP contribution is 2.28. The first-order valence-corrected chi connectivity index (χ1v) is 6.96. The molecule has 0 aliphatic rings. The van der Waals surface area contributed by atoms with Crippen LogP contribution in [-0.2, 0) is 0 Å². The average Bonchev–Trinajstić information content (AvgIpc) is 2.47. The van der Waals surface area contributed by atoms with Gasteiger partial charge in [0.15, 0.2) is 0 Å². The summed E-state index contributed by atoms with van der Waals surface area (Å²) in [5, 5.41) is 4.62. The lowest BCUT2D eigenvalue weighted by molar-refractivity contribution is 0.875. The molecule has 2 heteroatoms. The molecule has 3 rings (SSSR count). The smallest absolute Gasteiger partial charge is 0.131 e. The molecule has 1 aromatic heterocycles. The Labute approximate surface area is 119 Å². The molecule has 0 saturated carbocycles. The number of fused-ring (bicyclic) bond motifs is 1. The van der Waals surface area contributed by atoms with Gasteiger partial charge in [-0.1, -0.05) is 50.2 Å². The van der Waals surface area contributed by atoms with Crippen LogP contribution in [0, 0.1) is 0 Å². The summed E-state index contributed by atoms with van der Waals surface area (Å²) < 4.78 is 0. The van der Waals surface area contributed by atoms with Crippen LogP contribution in [0.15, 0.2) is 60.7 Å². The van der Waals surface area contributed by atoms with Crippen molar-refractivity contribution in [1.82, 2.24) is 4.98 Å². The van der Waals surface area contributed by atoms with Crippen LogP contribution in [0.4, 0.5) is 11.5 Å². The van der Waals surface area contributed by atoms with Gasteiger partial charge in [0.05, 0.1) is 5.52 Å². The quantitative estimate of drug-likeness (QED) is 0.710. The van der Waals surface area contributed by atoms with E-state index < -0.39 is 0 Å². The fourth-order valence-corrected chi connectivity index (χ4v) is 2.41. The van der Waals surface area contributed by atoms with Gasteiger partial charge < -0.3 is 5.32 Å². The fourth-order valence-electron chi connectivity index (χ4n) is 2.41. The van der Waals surface area contributed by atoms with Gasteiger partial charge in [0.25, 0.3) is 0 Å². The largest absolute Gasteiger partial charge is 0.340 e. The Balaban J connectivity index is 2.08. The van der Waals surface area contributed by atoms with E-state index in [2.05, 4.69) is 43.4 Å². The van der Waals surface area contributed by atoms with Crippen molar-refractivity contribution >= 4 is 22.4 Å². The molecule has 0 atom stereocenters. The van der Waals surface area contributed by atoms with E-state index in [1.54, 1.807) is 0 Å². The van der Waals surface area contributed by atoms with Crippen molar-refractivity contribution in [3.8, 4) is 0 Å². The van der Waals surface area contributed by atoms with E-state index in [-0.39, 0.29) is 0 Å². The summed E-state index contributed by atoms with van der Waals surface area (Å²) in [6.45, 7) is 4.43. The SMILES string of the molecule is CC(C)c1cc(Nc2ccccc2)nc2ccccc12. The summed E-state index contributed by atoms with van der Waals surface area (Å²) in [7, 11) is 0. The topological polar surface area (TPSA) is 24.9 Å². The van der Waals surface area contributed by atoms with Gasteiger partial charge in [-0.05, 0) is 35.7 Å². The molecule has 20 heavy (non-hydrogen) atoms. The molecule has 0 bridgehead atoms. The molecule has 0 radical (unpaired) electrons. The van der Waals surface area contributed by atoms with Gasteiger partial charge >= 0.3 is 0 Å². The Hall–Kier alpha value is -2.35. The molecule has 0 saturated heterocycles. The molecule has 0 aliphatic carbocycles. The summed E-state index contributed by atoms with van der Waals surface area (Å²) in [6.07, 6.45) is 0. The number of pyridine rings is 1. The fraction of sp³-hybridized carbons (Fsp3) is 0.167. The zero-order chi connectivity index (χ0) is 13.9. The van der Waals surface area contributed by atoms with Crippen molar-refractivity contribution in [3.05, 3.63) is 66.2 Å². The third-order valence-corrected chi connectivity index (χ3v) is 3.42. The maximum absolute atomic E-state index is 4.70. The second-order valence-corrected chi connectivity index (χ2v) is 5.26. The summed E-state index contributed by atoms with van der Waals surface area (Å²) in [5.41, 5.74) is 3.43. The molecule has 0 amide bonds. The van der Waals surface area contributed by atoms with Crippen LogP contribution in [-0.4, -0.2) is 4.98 Å². The Morgan fingerprint density at radius 1 is 0.900 bits per heavy atom. The molecule has 0 fully saturated rings. The highest BCUT2D eigenvalue weighted by atomic mass is 15.0. The first-order chi connectivity index (χ1) is 9.74. The standard InChI is InChI=1S/C18H18N2/c1-13(2)16-12-18(19-14-8-4-3-5-9-14)20-17-11-7-6-10-15(16)17/h3-13H,1-2H3,(H,19,20). The zero-order valence-electron chi connectivity index (χ0n) is 11.8. The number of hydrogen-bond donors (Lipinski definition) is 1. The summed E-state index contributed by atoms with van der Waals surface area (Å²) in [5.74, 6) is 1.37. The van der Waals surface area contributed by atoms with Crippen LogP contribution in [0.3, 0.4) is 0 Å². The molecule has 0 spiro atoms. The predicted octanol–water partition coefficient (Wildman–Crippen LogP) is 5.10. The minimum absolute atomic E-state index is 0.472. The number of aromatic nitrogens is 1. The van der Waals surface area contributed by atoms with E-state index >= 15 is 0 Å². The van der Waals surface area contributed by atoms with E-state index in [9.17, 15) is 0 Å².